The minimum absolute atomic E-state index is 0.436. The molecule has 0 radical (unpaired) electrons. The molecule has 2 rings (SSSR count). The molecule has 0 atom stereocenters. The van der Waals surface area contributed by atoms with Crippen molar-refractivity contribution in [3.63, 3.8) is 0 Å². The van der Waals surface area contributed by atoms with Crippen LogP contribution < -0.4 is 5.73 Å². The molecule has 0 aliphatic carbocycles. The summed E-state index contributed by atoms with van der Waals surface area (Å²) < 4.78 is 0. The number of nitrogens with zero attached hydrogens (tertiary/aromatic N) is 2. The van der Waals surface area contributed by atoms with Crippen LogP contribution in [0.5, 0.6) is 0 Å². The molecule has 3 N–H and O–H groups in total. The summed E-state index contributed by atoms with van der Waals surface area (Å²) in [5.41, 5.74) is 6.76. The minimum Gasteiger partial charge on any atom is -0.398 e. The number of aromatic amines is 1. The van der Waals surface area contributed by atoms with E-state index in [9.17, 15) is 0 Å². The lowest BCUT2D eigenvalue weighted by Gasteiger charge is -1.91. The van der Waals surface area contributed by atoms with Gasteiger partial charge in [0.25, 0.3) is 0 Å². The number of anilines is 1. The fraction of sp³-hybridized carbons (Fsp3) is 0. The van der Waals surface area contributed by atoms with Crippen LogP contribution in [-0.4, -0.2) is 15.2 Å². The van der Waals surface area contributed by atoms with Crippen LogP contribution in [0.3, 0.4) is 0 Å². The third kappa shape index (κ3) is 0.832. The smallest absolute Gasteiger partial charge is 0.184 e. The van der Waals surface area contributed by atoms with E-state index in [4.69, 9.17) is 17.3 Å². The van der Waals surface area contributed by atoms with E-state index >= 15 is 0 Å². The monoisotopic (exact) mass is 168 g/mol. The highest BCUT2D eigenvalue weighted by molar-refractivity contribution is 6.35. The summed E-state index contributed by atoms with van der Waals surface area (Å²) in [4.78, 5) is 3.96. The standard InChI is InChI=1S/C6H5ClN4/c7-5-4-3(8)1-2-9-6(4)11-10-5/h1-2H,(H3,8,9,10,11). The lowest BCUT2D eigenvalue weighted by atomic mass is 10.3. The second-order valence-electron chi connectivity index (χ2n) is 2.14. The van der Waals surface area contributed by atoms with Gasteiger partial charge in [-0.2, -0.15) is 5.10 Å². The first-order valence-corrected chi connectivity index (χ1v) is 3.41. The third-order valence-corrected chi connectivity index (χ3v) is 1.72. The largest absolute Gasteiger partial charge is 0.398 e. The van der Waals surface area contributed by atoms with Gasteiger partial charge in [0.2, 0.25) is 0 Å². The van der Waals surface area contributed by atoms with E-state index < -0.39 is 0 Å². The fourth-order valence-corrected chi connectivity index (χ4v) is 1.17. The summed E-state index contributed by atoms with van der Waals surface area (Å²) in [7, 11) is 0. The van der Waals surface area contributed by atoms with Gasteiger partial charge in [0.05, 0.1) is 5.39 Å². The number of fused-ring (bicyclic) bond motifs is 1. The number of nitrogens with one attached hydrogen (secondary N) is 1. The number of rotatable bonds is 0. The van der Waals surface area contributed by atoms with E-state index in [0.29, 0.717) is 21.9 Å². The Morgan fingerprint density at radius 1 is 1.55 bits per heavy atom. The third-order valence-electron chi connectivity index (χ3n) is 1.44. The number of hydrogen-bond acceptors (Lipinski definition) is 3. The van der Waals surface area contributed by atoms with Gasteiger partial charge in [-0.25, -0.2) is 4.98 Å². The van der Waals surface area contributed by atoms with Crippen molar-refractivity contribution >= 4 is 28.3 Å². The van der Waals surface area contributed by atoms with Crippen molar-refractivity contribution in [2.24, 2.45) is 0 Å². The van der Waals surface area contributed by atoms with Crippen LogP contribution in [0, 0.1) is 0 Å². The highest BCUT2D eigenvalue weighted by atomic mass is 35.5. The SMILES string of the molecule is Nc1ccnc2n[nH]c(Cl)c12. The van der Waals surface area contributed by atoms with Gasteiger partial charge in [0.1, 0.15) is 5.15 Å². The van der Waals surface area contributed by atoms with Crippen molar-refractivity contribution in [2.75, 3.05) is 5.73 Å². The van der Waals surface area contributed by atoms with Gasteiger partial charge >= 0.3 is 0 Å². The lowest BCUT2D eigenvalue weighted by Crippen LogP contribution is -1.86. The van der Waals surface area contributed by atoms with Crippen LogP contribution in [-0.2, 0) is 0 Å². The Balaban J connectivity index is 2.96. The van der Waals surface area contributed by atoms with E-state index in [2.05, 4.69) is 15.2 Å². The molecule has 0 aromatic carbocycles. The normalized spacial score (nSPS) is 10.6. The Morgan fingerprint density at radius 2 is 2.36 bits per heavy atom. The van der Waals surface area contributed by atoms with Gasteiger partial charge in [-0.1, -0.05) is 11.6 Å². The highest BCUT2D eigenvalue weighted by Gasteiger charge is 2.05. The van der Waals surface area contributed by atoms with Crippen LogP contribution >= 0.6 is 11.6 Å². The molecule has 0 bridgehead atoms. The predicted octanol–water partition coefficient (Wildman–Crippen LogP) is 1.19. The molecule has 0 saturated carbocycles. The maximum atomic E-state index is 5.74. The molecular formula is C6H5ClN4. The maximum absolute atomic E-state index is 5.74. The average molecular weight is 169 g/mol. The van der Waals surface area contributed by atoms with Gasteiger partial charge in [0.15, 0.2) is 5.65 Å². The number of nitrogens with two attached hydrogens (primary N) is 1. The topological polar surface area (TPSA) is 67.6 Å². The van der Waals surface area contributed by atoms with E-state index in [-0.39, 0.29) is 0 Å². The van der Waals surface area contributed by atoms with Gasteiger partial charge in [-0.15, -0.1) is 0 Å². The number of pyridine rings is 1. The quantitative estimate of drug-likeness (QED) is 0.621. The number of nitrogen functional groups attached to an aromatic ring is 1. The Labute approximate surface area is 67.4 Å². The van der Waals surface area contributed by atoms with Gasteiger partial charge in [-0.3, -0.25) is 5.10 Å². The second-order valence-corrected chi connectivity index (χ2v) is 2.51. The van der Waals surface area contributed by atoms with Crippen molar-refractivity contribution in [3.05, 3.63) is 17.4 Å². The minimum atomic E-state index is 0.436. The molecule has 0 saturated heterocycles. The van der Waals surface area contributed by atoms with Crippen molar-refractivity contribution < 1.29 is 0 Å². The molecule has 5 heteroatoms. The molecule has 2 aromatic rings. The molecule has 0 fully saturated rings. The molecule has 2 aromatic heterocycles. The van der Waals surface area contributed by atoms with E-state index in [1.54, 1.807) is 12.3 Å². The Morgan fingerprint density at radius 3 is 3.09 bits per heavy atom. The summed E-state index contributed by atoms with van der Waals surface area (Å²) in [5.74, 6) is 0. The average Bonchev–Trinajstić information content (AvgIpc) is 2.34. The first kappa shape index (κ1) is 6.42. The number of halogens is 1. The van der Waals surface area contributed by atoms with Crippen LogP contribution in [0.15, 0.2) is 12.3 Å². The highest BCUT2D eigenvalue weighted by Crippen LogP contribution is 2.23. The molecule has 56 valence electrons. The molecule has 0 unspecified atom stereocenters. The first-order chi connectivity index (χ1) is 5.29. The van der Waals surface area contributed by atoms with E-state index in [1.165, 1.54) is 0 Å². The summed E-state index contributed by atoms with van der Waals surface area (Å²) in [6.45, 7) is 0. The van der Waals surface area contributed by atoms with Gasteiger partial charge in [-0.05, 0) is 6.07 Å². The predicted molar refractivity (Wildman–Crippen MR) is 43.3 cm³/mol. The summed E-state index contributed by atoms with van der Waals surface area (Å²) in [6, 6.07) is 1.68. The van der Waals surface area contributed by atoms with E-state index in [0.717, 1.165) is 0 Å². The first-order valence-electron chi connectivity index (χ1n) is 3.03. The van der Waals surface area contributed by atoms with Crippen molar-refractivity contribution in [1.82, 2.24) is 15.2 Å². The number of aromatic nitrogens is 3. The zero-order valence-corrected chi connectivity index (χ0v) is 6.26. The molecule has 0 amide bonds. The zero-order chi connectivity index (χ0) is 7.84. The van der Waals surface area contributed by atoms with E-state index in [1.807, 2.05) is 0 Å². The Bertz CT molecular complexity index is 394. The summed E-state index contributed by atoms with van der Waals surface area (Å²) >= 11 is 5.74. The van der Waals surface area contributed by atoms with Crippen LogP contribution in [0.25, 0.3) is 11.0 Å². The van der Waals surface area contributed by atoms with Crippen molar-refractivity contribution in [1.29, 1.82) is 0 Å². The van der Waals surface area contributed by atoms with Crippen LogP contribution in [0.1, 0.15) is 0 Å². The maximum Gasteiger partial charge on any atom is 0.184 e. The fourth-order valence-electron chi connectivity index (χ4n) is 0.933. The van der Waals surface area contributed by atoms with Crippen molar-refractivity contribution in [2.45, 2.75) is 0 Å². The summed E-state index contributed by atoms with van der Waals surface area (Å²) in [5, 5.41) is 7.55. The second kappa shape index (κ2) is 2.10. The molecule has 0 aliphatic rings. The summed E-state index contributed by atoms with van der Waals surface area (Å²) in [6.07, 6.45) is 1.59. The molecule has 0 aliphatic heterocycles. The molecule has 0 spiro atoms. The lowest BCUT2D eigenvalue weighted by molar-refractivity contribution is 1.10. The Kier molecular flexibility index (Phi) is 1.22. The Hall–Kier alpha value is -1.29. The number of hydrogen-bond donors (Lipinski definition) is 2. The van der Waals surface area contributed by atoms with Gasteiger partial charge in [0, 0.05) is 11.9 Å². The molecule has 2 heterocycles. The molecular weight excluding hydrogens is 164 g/mol. The molecule has 4 nitrogen and oxygen atoms in total. The molecule has 11 heavy (non-hydrogen) atoms. The van der Waals surface area contributed by atoms with Crippen molar-refractivity contribution in [3.8, 4) is 0 Å². The van der Waals surface area contributed by atoms with Crippen LogP contribution in [0.2, 0.25) is 5.15 Å². The van der Waals surface area contributed by atoms with Crippen LogP contribution in [0.4, 0.5) is 5.69 Å². The number of H-pyrrole nitrogens is 1. The zero-order valence-electron chi connectivity index (χ0n) is 5.50. The van der Waals surface area contributed by atoms with Gasteiger partial charge < -0.3 is 5.73 Å².